The summed E-state index contributed by atoms with van der Waals surface area (Å²) >= 11 is 0. The second-order valence-electron chi connectivity index (χ2n) is 9.96. The molecule has 3 amide bonds. The first-order chi connectivity index (χ1) is 18.8. The Bertz CT molecular complexity index is 1580. The Morgan fingerprint density at radius 2 is 1.82 bits per heavy atom. The van der Waals surface area contributed by atoms with Crippen molar-refractivity contribution in [2.24, 2.45) is 13.0 Å². The predicted octanol–water partition coefficient (Wildman–Crippen LogP) is 2.30. The molecule has 4 heterocycles. The van der Waals surface area contributed by atoms with Gasteiger partial charge in [-0.25, -0.2) is 9.37 Å². The molecule has 1 saturated carbocycles. The minimum atomic E-state index is -0.646. The number of piperazine rings is 1. The van der Waals surface area contributed by atoms with E-state index >= 15 is 0 Å². The Morgan fingerprint density at radius 1 is 1.05 bits per heavy atom. The molecule has 0 bridgehead atoms. The van der Waals surface area contributed by atoms with Gasteiger partial charge in [-0.15, -0.1) is 0 Å². The topological polar surface area (TPSA) is 118 Å². The molecule has 0 radical (unpaired) electrons. The molecule has 2 aliphatic rings. The zero-order chi connectivity index (χ0) is 27.1. The number of nitrogens with zero attached hydrogens (tertiary/aromatic N) is 7. The maximum Gasteiger partial charge on any atom is 0.274 e. The van der Waals surface area contributed by atoms with Gasteiger partial charge in [0, 0.05) is 68.6 Å². The fourth-order valence-corrected chi connectivity index (χ4v) is 4.74. The van der Waals surface area contributed by atoms with E-state index in [4.69, 9.17) is 0 Å². The summed E-state index contributed by atoms with van der Waals surface area (Å²) in [6, 6.07) is 7.74. The Labute approximate surface area is 223 Å². The van der Waals surface area contributed by atoms with E-state index in [2.05, 4.69) is 20.5 Å². The molecule has 1 saturated heterocycles. The Morgan fingerprint density at radius 3 is 2.54 bits per heavy atom. The van der Waals surface area contributed by atoms with Crippen molar-refractivity contribution < 1.29 is 18.8 Å². The van der Waals surface area contributed by atoms with Crippen molar-refractivity contribution in [3.8, 4) is 11.3 Å². The number of anilines is 1. The molecule has 12 heteroatoms. The van der Waals surface area contributed by atoms with Crippen molar-refractivity contribution in [3.63, 3.8) is 0 Å². The van der Waals surface area contributed by atoms with E-state index in [0.29, 0.717) is 42.8 Å². The first-order valence-corrected chi connectivity index (χ1v) is 12.8. The summed E-state index contributed by atoms with van der Waals surface area (Å²) in [5, 5.41) is 11.6. The number of aryl methyl sites for hydroxylation is 1. The van der Waals surface area contributed by atoms with E-state index in [-0.39, 0.29) is 35.7 Å². The van der Waals surface area contributed by atoms with Gasteiger partial charge in [0.05, 0.1) is 23.1 Å². The summed E-state index contributed by atoms with van der Waals surface area (Å²) in [6.45, 7) is 2.05. The average Bonchev–Trinajstić information content (AvgIpc) is 3.59. The molecule has 11 nitrogen and oxygen atoms in total. The van der Waals surface area contributed by atoms with Gasteiger partial charge >= 0.3 is 0 Å². The fraction of sp³-hybridized carbons (Fsp3) is 0.333. The van der Waals surface area contributed by atoms with E-state index < -0.39 is 11.7 Å². The van der Waals surface area contributed by atoms with Crippen LogP contribution in [0.4, 0.5) is 10.1 Å². The second kappa shape index (κ2) is 9.93. The molecule has 39 heavy (non-hydrogen) atoms. The number of pyridine rings is 1. The van der Waals surface area contributed by atoms with Gasteiger partial charge in [-0.1, -0.05) is 6.07 Å². The third kappa shape index (κ3) is 5.22. The Hall–Kier alpha value is -4.61. The van der Waals surface area contributed by atoms with Crippen molar-refractivity contribution in [1.82, 2.24) is 34.3 Å². The smallest absolute Gasteiger partial charge is 0.274 e. The van der Waals surface area contributed by atoms with Gasteiger partial charge in [-0.05, 0) is 31.0 Å². The first-order valence-electron chi connectivity index (χ1n) is 12.8. The number of hydrogen-bond donors (Lipinski definition) is 1. The van der Waals surface area contributed by atoms with Crippen LogP contribution in [0.25, 0.3) is 22.2 Å². The number of halogens is 1. The maximum atomic E-state index is 14.9. The molecule has 0 unspecified atom stereocenters. The van der Waals surface area contributed by atoms with Crippen LogP contribution in [-0.2, 0) is 23.2 Å². The number of carbonyl (C=O) groups excluding carboxylic acids is 3. The number of carbonyl (C=O) groups is 3. The van der Waals surface area contributed by atoms with Crippen molar-refractivity contribution in [2.45, 2.75) is 19.4 Å². The SMILES string of the molecule is Cn1cc(-c2cccc(C(=O)Nc3cc4cn(CC(=O)N5CCN(C(=O)C6CC6)CC5)nc4cc3F)n2)cn1. The highest BCUT2D eigenvalue weighted by Gasteiger charge is 2.35. The molecule has 6 rings (SSSR count). The molecular weight excluding hydrogens is 503 g/mol. The van der Waals surface area contributed by atoms with E-state index in [9.17, 15) is 18.8 Å². The third-order valence-corrected chi connectivity index (χ3v) is 7.04. The predicted molar refractivity (Wildman–Crippen MR) is 140 cm³/mol. The van der Waals surface area contributed by atoms with Gasteiger partial charge in [-0.2, -0.15) is 10.2 Å². The van der Waals surface area contributed by atoms with Gasteiger partial charge in [0.2, 0.25) is 11.8 Å². The zero-order valence-electron chi connectivity index (χ0n) is 21.4. The van der Waals surface area contributed by atoms with E-state index in [1.54, 1.807) is 53.4 Å². The number of nitrogens with one attached hydrogen (secondary N) is 1. The van der Waals surface area contributed by atoms with E-state index in [0.717, 1.165) is 18.4 Å². The highest BCUT2D eigenvalue weighted by atomic mass is 19.1. The number of hydrogen-bond acceptors (Lipinski definition) is 6. The third-order valence-electron chi connectivity index (χ3n) is 7.04. The van der Waals surface area contributed by atoms with Crippen LogP contribution >= 0.6 is 0 Å². The number of aromatic nitrogens is 5. The van der Waals surface area contributed by atoms with Crippen molar-refractivity contribution >= 4 is 34.3 Å². The first kappa shape index (κ1) is 24.7. The van der Waals surface area contributed by atoms with E-state index in [1.807, 2.05) is 4.90 Å². The number of amides is 3. The lowest BCUT2D eigenvalue weighted by Crippen LogP contribution is -2.51. The van der Waals surface area contributed by atoms with Crippen LogP contribution in [0.5, 0.6) is 0 Å². The van der Waals surface area contributed by atoms with Crippen LogP contribution in [0.1, 0.15) is 23.3 Å². The monoisotopic (exact) mass is 530 g/mol. The summed E-state index contributed by atoms with van der Waals surface area (Å²) in [5.41, 5.74) is 1.83. The van der Waals surface area contributed by atoms with Gasteiger partial charge < -0.3 is 15.1 Å². The number of benzene rings is 1. The van der Waals surface area contributed by atoms with E-state index in [1.165, 1.54) is 16.8 Å². The summed E-state index contributed by atoms with van der Waals surface area (Å²) in [5.74, 6) is -0.947. The molecule has 0 spiro atoms. The molecule has 2 fully saturated rings. The minimum Gasteiger partial charge on any atom is -0.339 e. The molecule has 200 valence electrons. The normalized spacial score (nSPS) is 15.5. The number of rotatable bonds is 6. The van der Waals surface area contributed by atoms with Crippen LogP contribution in [-0.4, -0.2) is 78.2 Å². The lowest BCUT2D eigenvalue weighted by atomic mass is 10.2. The molecule has 1 N–H and O–H groups in total. The quantitative estimate of drug-likeness (QED) is 0.409. The fourth-order valence-electron chi connectivity index (χ4n) is 4.74. The molecule has 1 aliphatic carbocycles. The summed E-state index contributed by atoms with van der Waals surface area (Å²) < 4.78 is 18.0. The van der Waals surface area contributed by atoms with Crippen molar-refractivity contribution in [1.29, 1.82) is 0 Å². The van der Waals surface area contributed by atoms with Crippen LogP contribution in [0.15, 0.2) is 48.9 Å². The zero-order valence-corrected chi connectivity index (χ0v) is 21.4. The molecule has 4 aromatic rings. The summed E-state index contributed by atoms with van der Waals surface area (Å²) in [4.78, 5) is 45.9. The van der Waals surface area contributed by atoms with Gasteiger partial charge in [0.15, 0.2) is 0 Å². The molecule has 3 aromatic heterocycles. The Kier molecular flexibility index (Phi) is 6.29. The standard InChI is InChI=1S/C27H27FN8O3/c1-33-14-19(13-29-33)21-3-2-4-22(30-21)26(38)31-24-11-18-15-36(32-23(18)12-20(24)28)16-25(37)34-7-9-35(10-8-34)27(39)17-5-6-17/h2-4,11-15,17H,5-10,16H2,1H3,(H,31,38). The van der Waals surface area contributed by atoms with Crippen LogP contribution in [0.3, 0.4) is 0 Å². The highest BCUT2D eigenvalue weighted by Crippen LogP contribution is 2.31. The Balaban J connectivity index is 1.12. The lowest BCUT2D eigenvalue weighted by molar-refractivity contribution is -0.140. The highest BCUT2D eigenvalue weighted by molar-refractivity contribution is 6.04. The molecular formula is C27H27FN8O3. The molecule has 1 aromatic carbocycles. The summed E-state index contributed by atoms with van der Waals surface area (Å²) in [7, 11) is 1.79. The number of fused-ring (bicyclic) bond motifs is 1. The van der Waals surface area contributed by atoms with Crippen LogP contribution < -0.4 is 5.32 Å². The maximum absolute atomic E-state index is 14.9. The summed E-state index contributed by atoms with van der Waals surface area (Å²) in [6.07, 6.45) is 7.02. The van der Waals surface area contributed by atoms with Crippen molar-refractivity contribution in [3.05, 3.63) is 60.4 Å². The lowest BCUT2D eigenvalue weighted by Gasteiger charge is -2.34. The van der Waals surface area contributed by atoms with Gasteiger partial charge in [0.25, 0.3) is 5.91 Å². The van der Waals surface area contributed by atoms with Gasteiger partial charge in [-0.3, -0.25) is 23.7 Å². The van der Waals surface area contributed by atoms with Crippen LogP contribution in [0, 0.1) is 11.7 Å². The largest absolute Gasteiger partial charge is 0.339 e. The second-order valence-corrected chi connectivity index (χ2v) is 9.96. The van der Waals surface area contributed by atoms with Crippen molar-refractivity contribution in [2.75, 3.05) is 31.5 Å². The minimum absolute atomic E-state index is 0.000379. The molecule has 1 aliphatic heterocycles. The van der Waals surface area contributed by atoms with Gasteiger partial charge in [0.1, 0.15) is 18.1 Å². The van der Waals surface area contributed by atoms with Crippen LogP contribution in [0.2, 0.25) is 0 Å². The average molecular weight is 531 g/mol. The molecule has 0 atom stereocenters.